The predicted octanol–water partition coefficient (Wildman–Crippen LogP) is 1.94. The molecule has 0 aromatic rings. The van der Waals surface area contributed by atoms with Crippen molar-refractivity contribution in [2.24, 2.45) is 35.5 Å². The van der Waals surface area contributed by atoms with Crippen molar-refractivity contribution in [2.45, 2.75) is 31.8 Å². The molecular weight excluding hydrogens is 256 g/mol. The second-order valence-electron chi connectivity index (χ2n) is 6.79. The summed E-state index contributed by atoms with van der Waals surface area (Å²) in [4.78, 5) is 23.3. The normalized spacial score (nSPS) is 48.4. The summed E-state index contributed by atoms with van der Waals surface area (Å²) >= 11 is 0. The molecule has 0 aromatic heterocycles. The molecule has 4 fully saturated rings. The standard InChI is InChI=1S/C16H20O4/c1-2-14(17)20-8-3-4-9-10(5-8)12-6-11(9)13-7-19-16(18)15(12)13/h2,8-13,15H,1,3-7H2. The van der Waals surface area contributed by atoms with E-state index in [1.165, 1.54) is 12.5 Å². The van der Waals surface area contributed by atoms with Gasteiger partial charge in [-0.15, -0.1) is 0 Å². The molecule has 0 aromatic carbocycles. The van der Waals surface area contributed by atoms with Crippen LogP contribution < -0.4 is 0 Å². The Bertz CT molecular complexity index is 471. The van der Waals surface area contributed by atoms with Crippen molar-refractivity contribution in [3.63, 3.8) is 0 Å². The van der Waals surface area contributed by atoms with Gasteiger partial charge in [-0.1, -0.05) is 6.58 Å². The molecule has 0 spiro atoms. The summed E-state index contributed by atoms with van der Waals surface area (Å²) in [6.07, 6.45) is 5.42. The van der Waals surface area contributed by atoms with Crippen LogP contribution in [0.25, 0.3) is 0 Å². The Labute approximate surface area is 118 Å². The van der Waals surface area contributed by atoms with Gasteiger partial charge in [0, 0.05) is 12.0 Å². The fourth-order valence-corrected chi connectivity index (χ4v) is 5.54. The van der Waals surface area contributed by atoms with Crippen LogP contribution in [-0.4, -0.2) is 24.6 Å². The largest absolute Gasteiger partial charge is 0.465 e. The minimum absolute atomic E-state index is 0.0111. The highest BCUT2D eigenvalue weighted by atomic mass is 16.5. The van der Waals surface area contributed by atoms with Crippen molar-refractivity contribution < 1.29 is 19.1 Å². The Morgan fingerprint density at radius 1 is 1.15 bits per heavy atom. The average molecular weight is 276 g/mol. The van der Waals surface area contributed by atoms with Crippen molar-refractivity contribution in [1.82, 2.24) is 0 Å². The van der Waals surface area contributed by atoms with Gasteiger partial charge in [0.1, 0.15) is 6.10 Å². The van der Waals surface area contributed by atoms with Crippen LogP contribution in [0.4, 0.5) is 0 Å². The topological polar surface area (TPSA) is 52.6 Å². The highest BCUT2D eigenvalue weighted by molar-refractivity contribution is 5.81. The highest BCUT2D eigenvalue weighted by Gasteiger charge is 2.63. The summed E-state index contributed by atoms with van der Waals surface area (Å²) < 4.78 is 10.7. The SMILES string of the molecule is C=CC(=O)OC1CCC2C3CC(C2C1)C1C(=O)OCC31. The fraction of sp³-hybridized carbons (Fsp3) is 0.750. The lowest BCUT2D eigenvalue weighted by molar-refractivity contribution is -0.149. The molecule has 20 heavy (non-hydrogen) atoms. The fourth-order valence-electron chi connectivity index (χ4n) is 5.54. The minimum Gasteiger partial charge on any atom is -0.465 e. The molecule has 0 radical (unpaired) electrons. The van der Waals surface area contributed by atoms with Crippen molar-refractivity contribution in [3.8, 4) is 0 Å². The summed E-state index contributed by atoms with van der Waals surface area (Å²) in [6, 6.07) is 0. The quantitative estimate of drug-likeness (QED) is 0.571. The number of hydrogen-bond acceptors (Lipinski definition) is 4. The molecule has 3 aliphatic carbocycles. The Hall–Kier alpha value is -1.32. The molecule has 0 amide bonds. The molecule has 4 nitrogen and oxygen atoms in total. The zero-order chi connectivity index (χ0) is 13.9. The minimum atomic E-state index is -0.324. The van der Waals surface area contributed by atoms with Gasteiger partial charge >= 0.3 is 11.9 Å². The Balaban J connectivity index is 1.50. The van der Waals surface area contributed by atoms with Crippen LogP contribution >= 0.6 is 0 Å². The second-order valence-corrected chi connectivity index (χ2v) is 6.79. The number of rotatable bonds is 2. The molecule has 4 aliphatic rings. The maximum Gasteiger partial charge on any atom is 0.330 e. The summed E-state index contributed by atoms with van der Waals surface area (Å²) in [5, 5.41) is 0. The number of fused-ring (bicyclic) bond motifs is 8. The molecule has 7 unspecified atom stereocenters. The number of hydrogen-bond donors (Lipinski definition) is 0. The van der Waals surface area contributed by atoms with Gasteiger partial charge in [-0.3, -0.25) is 4.79 Å². The molecule has 7 atom stereocenters. The molecule has 1 heterocycles. The maximum absolute atomic E-state index is 11.9. The van der Waals surface area contributed by atoms with Crippen LogP contribution in [0.5, 0.6) is 0 Å². The van der Waals surface area contributed by atoms with Crippen LogP contribution in [-0.2, 0) is 19.1 Å². The first-order valence-corrected chi connectivity index (χ1v) is 7.68. The lowest BCUT2D eigenvalue weighted by Gasteiger charge is -2.41. The molecule has 1 aliphatic heterocycles. The van der Waals surface area contributed by atoms with Gasteiger partial charge in [-0.2, -0.15) is 0 Å². The van der Waals surface area contributed by atoms with E-state index in [1.54, 1.807) is 0 Å². The van der Waals surface area contributed by atoms with Crippen molar-refractivity contribution in [3.05, 3.63) is 12.7 Å². The number of carbonyl (C=O) groups is 2. The van der Waals surface area contributed by atoms with Gasteiger partial charge < -0.3 is 9.47 Å². The number of esters is 2. The number of ether oxygens (including phenoxy) is 2. The molecule has 1 saturated heterocycles. The number of carbonyl (C=O) groups excluding carboxylic acids is 2. The monoisotopic (exact) mass is 276 g/mol. The van der Waals surface area contributed by atoms with Crippen LogP contribution in [0.15, 0.2) is 12.7 Å². The van der Waals surface area contributed by atoms with E-state index in [4.69, 9.17) is 9.47 Å². The third-order valence-corrected chi connectivity index (χ3v) is 6.16. The smallest absolute Gasteiger partial charge is 0.330 e. The van der Waals surface area contributed by atoms with Crippen LogP contribution in [0.1, 0.15) is 25.7 Å². The zero-order valence-electron chi connectivity index (χ0n) is 11.5. The third kappa shape index (κ3) is 1.60. The second kappa shape index (κ2) is 4.34. The molecule has 108 valence electrons. The maximum atomic E-state index is 11.9. The van der Waals surface area contributed by atoms with E-state index in [1.807, 2.05) is 0 Å². The van der Waals surface area contributed by atoms with E-state index in [2.05, 4.69) is 6.58 Å². The summed E-state index contributed by atoms with van der Waals surface area (Å²) in [6.45, 7) is 4.09. The molecule has 3 saturated carbocycles. The van der Waals surface area contributed by atoms with E-state index in [0.29, 0.717) is 30.3 Å². The van der Waals surface area contributed by atoms with Gasteiger partial charge in [0.05, 0.1) is 12.5 Å². The van der Waals surface area contributed by atoms with E-state index >= 15 is 0 Å². The lowest BCUT2D eigenvalue weighted by atomic mass is 9.63. The van der Waals surface area contributed by atoms with Crippen molar-refractivity contribution >= 4 is 11.9 Å². The first-order valence-electron chi connectivity index (χ1n) is 7.68. The Kier molecular flexibility index (Phi) is 2.69. The summed E-state index contributed by atoms with van der Waals surface area (Å²) in [5.74, 6) is 2.70. The molecule has 2 bridgehead atoms. The van der Waals surface area contributed by atoms with Gasteiger partial charge in [-0.25, -0.2) is 4.79 Å². The van der Waals surface area contributed by atoms with Crippen molar-refractivity contribution in [1.29, 1.82) is 0 Å². The summed E-state index contributed by atoms with van der Waals surface area (Å²) in [7, 11) is 0. The van der Waals surface area contributed by atoms with Crippen LogP contribution in [0, 0.1) is 35.5 Å². The predicted molar refractivity (Wildman–Crippen MR) is 70.4 cm³/mol. The van der Waals surface area contributed by atoms with Gasteiger partial charge in [0.2, 0.25) is 0 Å². The number of cyclic esters (lactones) is 1. The molecule has 0 N–H and O–H groups in total. The zero-order valence-corrected chi connectivity index (χ0v) is 11.5. The Morgan fingerprint density at radius 2 is 1.95 bits per heavy atom. The van der Waals surface area contributed by atoms with Crippen molar-refractivity contribution in [2.75, 3.05) is 6.61 Å². The highest BCUT2D eigenvalue weighted by Crippen LogP contribution is 2.64. The van der Waals surface area contributed by atoms with E-state index in [-0.39, 0.29) is 24.0 Å². The summed E-state index contributed by atoms with van der Waals surface area (Å²) in [5.41, 5.74) is 0. The first kappa shape index (κ1) is 12.4. The molecular formula is C16H20O4. The third-order valence-electron chi connectivity index (χ3n) is 6.16. The first-order chi connectivity index (χ1) is 9.69. The molecule has 4 heteroatoms. The van der Waals surface area contributed by atoms with Gasteiger partial charge in [0.15, 0.2) is 0 Å². The molecule has 4 rings (SSSR count). The van der Waals surface area contributed by atoms with Gasteiger partial charge in [0.25, 0.3) is 0 Å². The van der Waals surface area contributed by atoms with E-state index in [9.17, 15) is 9.59 Å². The average Bonchev–Trinajstić information content (AvgIpc) is 3.10. The lowest BCUT2D eigenvalue weighted by Crippen LogP contribution is -2.41. The van der Waals surface area contributed by atoms with E-state index in [0.717, 1.165) is 25.2 Å². The van der Waals surface area contributed by atoms with E-state index < -0.39 is 0 Å². The Morgan fingerprint density at radius 3 is 2.75 bits per heavy atom. The van der Waals surface area contributed by atoms with Gasteiger partial charge in [-0.05, 0) is 49.4 Å². The van der Waals surface area contributed by atoms with Crippen LogP contribution in [0.3, 0.4) is 0 Å². The van der Waals surface area contributed by atoms with Crippen LogP contribution in [0.2, 0.25) is 0 Å².